The summed E-state index contributed by atoms with van der Waals surface area (Å²) in [7, 11) is -4.71. The number of hydrogen-bond acceptors (Lipinski definition) is 9. The highest BCUT2D eigenvalue weighted by atomic mass is 31.2. The van der Waals surface area contributed by atoms with Gasteiger partial charge in [0.2, 0.25) is 0 Å². The maximum atomic E-state index is 12.6. The molecule has 0 spiro atoms. The second kappa shape index (κ2) is 39.3. The smallest absolute Gasteiger partial charge is 0.472 e. The van der Waals surface area contributed by atoms with E-state index in [1.54, 1.807) is 0 Å². The summed E-state index contributed by atoms with van der Waals surface area (Å²) in [6.07, 6.45) is 37.3. The van der Waals surface area contributed by atoms with E-state index in [1.165, 1.54) is 148 Å². The first-order valence-corrected chi connectivity index (χ1v) is 24.1. The van der Waals surface area contributed by atoms with Crippen molar-refractivity contribution in [1.82, 2.24) is 0 Å². The molecule has 0 saturated heterocycles. The van der Waals surface area contributed by atoms with Crippen molar-refractivity contribution in [3.8, 4) is 0 Å². The minimum Gasteiger partial charge on any atom is -0.480 e. The topological polar surface area (TPSA) is 172 Å². The molecule has 0 saturated carbocycles. The molecule has 3 atom stereocenters. The Labute approximate surface area is 335 Å². The van der Waals surface area contributed by atoms with Crippen LogP contribution in [-0.4, -0.2) is 59.9 Å². The van der Waals surface area contributed by atoms with Gasteiger partial charge in [0, 0.05) is 12.8 Å². The van der Waals surface area contributed by atoms with Crippen LogP contribution in [0.5, 0.6) is 0 Å². The average molecular weight is 806 g/mol. The number of hydrogen-bond donors (Lipinski definition) is 3. The zero-order valence-corrected chi connectivity index (χ0v) is 36.2. The Morgan fingerprint density at radius 2 is 0.800 bits per heavy atom. The Morgan fingerprint density at radius 1 is 0.491 bits per heavy atom. The Kier molecular flexibility index (Phi) is 38.2. The van der Waals surface area contributed by atoms with E-state index in [-0.39, 0.29) is 19.4 Å². The first-order chi connectivity index (χ1) is 26.6. The number of carboxylic acids is 1. The van der Waals surface area contributed by atoms with Crippen LogP contribution in [0.25, 0.3) is 0 Å². The van der Waals surface area contributed by atoms with Crippen LogP contribution in [0.2, 0.25) is 0 Å². The fourth-order valence-corrected chi connectivity index (χ4v) is 7.32. The van der Waals surface area contributed by atoms with Gasteiger partial charge in [-0.25, -0.2) is 4.57 Å². The van der Waals surface area contributed by atoms with Gasteiger partial charge in [0.25, 0.3) is 0 Å². The van der Waals surface area contributed by atoms with Gasteiger partial charge in [-0.05, 0) is 12.8 Å². The number of esters is 2. The largest absolute Gasteiger partial charge is 0.480 e. The summed E-state index contributed by atoms with van der Waals surface area (Å²) in [6.45, 7) is 2.84. The Balaban J connectivity index is 4.29. The molecule has 0 bridgehead atoms. The molecule has 0 aliphatic carbocycles. The van der Waals surface area contributed by atoms with E-state index >= 15 is 0 Å². The number of aliphatic carboxylic acids is 1. The van der Waals surface area contributed by atoms with Crippen molar-refractivity contribution in [2.24, 2.45) is 5.73 Å². The first kappa shape index (κ1) is 53.5. The molecular formula is C43H84NO10P. The van der Waals surface area contributed by atoms with E-state index < -0.39 is 51.1 Å². The van der Waals surface area contributed by atoms with Gasteiger partial charge in [0.15, 0.2) is 6.10 Å². The van der Waals surface area contributed by atoms with Crippen LogP contribution >= 0.6 is 7.82 Å². The highest BCUT2D eigenvalue weighted by molar-refractivity contribution is 7.47. The van der Waals surface area contributed by atoms with E-state index in [0.717, 1.165) is 38.5 Å². The highest BCUT2D eigenvalue weighted by Crippen LogP contribution is 2.43. The lowest BCUT2D eigenvalue weighted by Gasteiger charge is -2.20. The molecule has 0 aromatic rings. The van der Waals surface area contributed by atoms with E-state index in [1.807, 2.05) is 0 Å². The quantitative estimate of drug-likeness (QED) is 0.0304. The number of unbranched alkanes of at least 4 members (excludes halogenated alkanes) is 29. The maximum absolute atomic E-state index is 12.6. The molecule has 326 valence electrons. The van der Waals surface area contributed by atoms with Crippen molar-refractivity contribution in [3.63, 3.8) is 0 Å². The third-order valence-electron chi connectivity index (χ3n) is 10.1. The minimum absolute atomic E-state index is 0.169. The monoisotopic (exact) mass is 806 g/mol. The van der Waals surface area contributed by atoms with Gasteiger partial charge < -0.3 is 25.2 Å². The molecule has 0 heterocycles. The van der Waals surface area contributed by atoms with Gasteiger partial charge in [-0.2, -0.15) is 0 Å². The number of carbonyl (C=O) groups excluding carboxylic acids is 2. The van der Waals surface area contributed by atoms with E-state index in [4.69, 9.17) is 24.8 Å². The van der Waals surface area contributed by atoms with Crippen LogP contribution < -0.4 is 5.73 Å². The first-order valence-electron chi connectivity index (χ1n) is 22.6. The molecule has 0 aromatic carbocycles. The Hall–Kier alpha value is -1.52. The van der Waals surface area contributed by atoms with E-state index in [0.29, 0.717) is 12.8 Å². The van der Waals surface area contributed by atoms with Crippen molar-refractivity contribution < 1.29 is 47.5 Å². The third-order valence-corrected chi connectivity index (χ3v) is 11.1. The van der Waals surface area contributed by atoms with Gasteiger partial charge >= 0.3 is 25.7 Å². The molecule has 0 fully saturated rings. The van der Waals surface area contributed by atoms with Crippen molar-refractivity contribution in [2.45, 2.75) is 238 Å². The molecule has 0 aromatic heterocycles. The summed E-state index contributed by atoms with van der Waals surface area (Å²) in [6, 6.07) is -1.52. The molecule has 0 aliphatic rings. The van der Waals surface area contributed by atoms with Gasteiger partial charge in [-0.15, -0.1) is 0 Å². The second-order valence-electron chi connectivity index (χ2n) is 15.6. The molecule has 11 nitrogen and oxygen atoms in total. The van der Waals surface area contributed by atoms with E-state index in [9.17, 15) is 23.8 Å². The van der Waals surface area contributed by atoms with Crippen molar-refractivity contribution >= 4 is 25.7 Å². The molecule has 0 aliphatic heterocycles. The summed E-state index contributed by atoms with van der Waals surface area (Å²) in [5, 5.41) is 8.89. The van der Waals surface area contributed by atoms with Crippen LogP contribution in [0, 0.1) is 0 Å². The lowest BCUT2D eigenvalue weighted by Crippen LogP contribution is -2.34. The molecule has 0 amide bonds. The number of phosphoric ester groups is 1. The maximum Gasteiger partial charge on any atom is 0.472 e. The molecular weight excluding hydrogens is 721 g/mol. The molecule has 12 heteroatoms. The molecule has 0 rings (SSSR count). The number of phosphoric acid groups is 1. The zero-order valence-electron chi connectivity index (χ0n) is 35.3. The van der Waals surface area contributed by atoms with Gasteiger partial charge in [0.05, 0.1) is 13.2 Å². The SMILES string of the molecule is CCCCCCCCCCCCCCCCCCC(=O)OC(COC(=O)CCCCCCCCCCCCCCCCC)COP(=O)(O)OC[C@H](N)C(=O)O. The summed E-state index contributed by atoms with van der Waals surface area (Å²) in [5.41, 5.74) is 5.34. The van der Waals surface area contributed by atoms with Crippen molar-refractivity contribution in [2.75, 3.05) is 19.8 Å². The standard InChI is InChI=1S/C43H84NO10P/c1-3-5-7-9-11-13-15-17-19-21-23-25-27-29-31-33-35-42(46)54-39(37-52-55(49,50)53-38-40(44)43(47)48)36-51-41(45)34-32-30-28-26-24-22-20-18-16-14-12-10-8-6-4-2/h39-40H,3-38,44H2,1-2H3,(H,47,48)(H,49,50)/t39?,40-/m0/s1. The van der Waals surface area contributed by atoms with Crippen LogP contribution in [-0.2, 0) is 37.5 Å². The van der Waals surface area contributed by atoms with Gasteiger partial charge in [-0.1, -0.05) is 200 Å². The summed E-state index contributed by atoms with van der Waals surface area (Å²) in [5.74, 6) is -2.36. The van der Waals surface area contributed by atoms with Crippen molar-refractivity contribution in [3.05, 3.63) is 0 Å². The predicted molar refractivity (Wildman–Crippen MR) is 222 cm³/mol. The van der Waals surface area contributed by atoms with Gasteiger partial charge in [0.1, 0.15) is 12.6 Å². The summed E-state index contributed by atoms with van der Waals surface area (Å²) >= 11 is 0. The van der Waals surface area contributed by atoms with Crippen LogP contribution in [0.4, 0.5) is 0 Å². The number of carboxylic acid groups (broad SMARTS) is 1. The normalized spacial score (nSPS) is 13.7. The van der Waals surface area contributed by atoms with Crippen molar-refractivity contribution in [1.29, 1.82) is 0 Å². The molecule has 0 radical (unpaired) electrons. The zero-order chi connectivity index (χ0) is 40.7. The lowest BCUT2D eigenvalue weighted by atomic mass is 10.0. The number of carbonyl (C=O) groups is 3. The number of rotatable bonds is 43. The van der Waals surface area contributed by atoms with E-state index in [2.05, 4.69) is 18.4 Å². The molecule has 2 unspecified atom stereocenters. The Morgan fingerprint density at radius 3 is 1.15 bits per heavy atom. The fraction of sp³-hybridized carbons (Fsp3) is 0.930. The molecule has 4 N–H and O–H groups in total. The van der Waals surface area contributed by atoms with Crippen LogP contribution in [0.15, 0.2) is 0 Å². The predicted octanol–water partition coefficient (Wildman–Crippen LogP) is 11.9. The highest BCUT2D eigenvalue weighted by Gasteiger charge is 2.28. The minimum atomic E-state index is -4.71. The average Bonchev–Trinajstić information content (AvgIpc) is 3.16. The molecule has 55 heavy (non-hydrogen) atoms. The summed E-state index contributed by atoms with van der Waals surface area (Å²) < 4.78 is 32.7. The number of ether oxygens (including phenoxy) is 2. The fourth-order valence-electron chi connectivity index (χ4n) is 6.54. The second-order valence-corrected chi connectivity index (χ2v) is 17.0. The number of nitrogens with two attached hydrogens (primary N) is 1. The Bertz CT molecular complexity index is 952. The van der Waals surface area contributed by atoms with Gasteiger partial charge in [-0.3, -0.25) is 23.4 Å². The third kappa shape index (κ3) is 39.1. The van der Waals surface area contributed by atoms with Crippen LogP contribution in [0.3, 0.4) is 0 Å². The summed E-state index contributed by atoms with van der Waals surface area (Å²) in [4.78, 5) is 46.0. The lowest BCUT2D eigenvalue weighted by molar-refractivity contribution is -0.161. The van der Waals surface area contributed by atoms with Crippen LogP contribution in [0.1, 0.15) is 226 Å².